The number of rotatable bonds is 7. The number of carboxylic acids is 1. The third kappa shape index (κ3) is 3.98. The van der Waals surface area contributed by atoms with Crippen LogP contribution in [0.1, 0.15) is 17.0 Å². The highest BCUT2D eigenvalue weighted by Gasteiger charge is 2.24. The molecule has 1 unspecified atom stereocenters. The van der Waals surface area contributed by atoms with Gasteiger partial charge in [0.2, 0.25) is 0 Å². The summed E-state index contributed by atoms with van der Waals surface area (Å²) in [5.74, 6) is -0.420. The van der Waals surface area contributed by atoms with Crippen molar-refractivity contribution in [2.45, 2.75) is 12.3 Å². The van der Waals surface area contributed by atoms with E-state index in [0.717, 1.165) is 11.3 Å². The molecule has 0 fully saturated rings. The van der Waals surface area contributed by atoms with Gasteiger partial charge in [0.25, 0.3) is 0 Å². The Balaban J connectivity index is 2.37. The second-order valence-electron chi connectivity index (χ2n) is 5.77. The highest BCUT2D eigenvalue weighted by molar-refractivity contribution is 5.78. The van der Waals surface area contributed by atoms with Gasteiger partial charge in [-0.25, -0.2) is 0 Å². The van der Waals surface area contributed by atoms with Gasteiger partial charge >= 0.3 is 5.97 Å². The number of aliphatic carboxylic acids is 1. The third-order valence-electron chi connectivity index (χ3n) is 3.98. The van der Waals surface area contributed by atoms with Crippen LogP contribution in [-0.2, 0) is 11.2 Å². The van der Waals surface area contributed by atoms with Gasteiger partial charge in [-0.05, 0) is 30.2 Å². The van der Waals surface area contributed by atoms with E-state index < -0.39 is 11.9 Å². The van der Waals surface area contributed by atoms with E-state index >= 15 is 0 Å². The first kappa shape index (κ1) is 17.7. The lowest BCUT2D eigenvalue weighted by Gasteiger charge is -2.18. The summed E-state index contributed by atoms with van der Waals surface area (Å²) in [5.41, 5.74) is 2.64. The molecule has 5 heteroatoms. The Morgan fingerprint density at radius 2 is 1.88 bits per heavy atom. The van der Waals surface area contributed by atoms with Crippen molar-refractivity contribution in [1.29, 1.82) is 0 Å². The maximum Gasteiger partial charge on any atom is 0.311 e. The highest BCUT2D eigenvalue weighted by atomic mass is 16.5. The number of hydrogen-bond acceptors (Lipinski definition) is 4. The molecule has 1 N–H and O–H groups in total. The van der Waals surface area contributed by atoms with Crippen LogP contribution in [0.2, 0.25) is 0 Å². The monoisotopic (exact) mass is 329 g/mol. The smallest absolute Gasteiger partial charge is 0.311 e. The second kappa shape index (κ2) is 7.73. The molecule has 0 saturated carbocycles. The Kier molecular flexibility index (Phi) is 5.68. The molecule has 2 rings (SSSR count). The normalized spacial score (nSPS) is 11.7. The van der Waals surface area contributed by atoms with E-state index in [0.29, 0.717) is 23.5 Å². The number of ether oxygens (including phenoxy) is 2. The molecule has 2 aromatic rings. The van der Waals surface area contributed by atoms with Crippen molar-refractivity contribution < 1.29 is 19.4 Å². The summed E-state index contributed by atoms with van der Waals surface area (Å²) < 4.78 is 10.5. The Hall–Kier alpha value is -2.69. The van der Waals surface area contributed by atoms with Gasteiger partial charge in [0.05, 0.1) is 20.1 Å². The third-order valence-corrected chi connectivity index (χ3v) is 3.98. The summed E-state index contributed by atoms with van der Waals surface area (Å²) in [4.78, 5) is 13.8. The zero-order valence-electron chi connectivity index (χ0n) is 14.4. The minimum Gasteiger partial charge on any atom is -0.497 e. The van der Waals surface area contributed by atoms with Crippen LogP contribution in [0.5, 0.6) is 11.5 Å². The largest absolute Gasteiger partial charge is 0.497 e. The van der Waals surface area contributed by atoms with Crippen molar-refractivity contribution in [3.63, 3.8) is 0 Å². The molecular weight excluding hydrogens is 306 g/mol. The fourth-order valence-electron chi connectivity index (χ4n) is 2.63. The number of carbonyl (C=O) groups is 1. The molecule has 0 saturated heterocycles. The van der Waals surface area contributed by atoms with E-state index in [4.69, 9.17) is 9.47 Å². The Bertz CT molecular complexity index is 712. The quantitative estimate of drug-likeness (QED) is 0.845. The van der Waals surface area contributed by atoms with Gasteiger partial charge in [-0.1, -0.05) is 18.2 Å². The molecule has 128 valence electrons. The summed E-state index contributed by atoms with van der Waals surface area (Å²) in [6, 6.07) is 13.1. The molecule has 0 aromatic heterocycles. The lowest BCUT2D eigenvalue weighted by Crippen LogP contribution is -2.16. The van der Waals surface area contributed by atoms with E-state index in [9.17, 15) is 9.90 Å². The average Bonchev–Trinajstić information content (AvgIpc) is 2.59. The maximum absolute atomic E-state index is 11.8. The topological polar surface area (TPSA) is 59.0 Å². The molecular formula is C19H23NO4. The lowest BCUT2D eigenvalue weighted by molar-refractivity contribution is -0.138. The van der Waals surface area contributed by atoms with E-state index in [1.165, 1.54) is 7.11 Å². The zero-order valence-corrected chi connectivity index (χ0v) is 14.4. The summed E-state index contributed by atoms with van der Waals surface area (Å²) in [7, 11) is 7.01. The SMILES string of the molecule is COc1ccc(C(Cc2cccc(N(C)C)c2)C(=O)O)c(OC)c1. The van der Waals surface area contributed by atoms with Gasteiger partial charge in [0.15, 0.2) is 0 Å². The first-order valence-corrected chi connectivity index (χ1v) is 7.67. The minimum absolute atomic E-state index is 0.389. The van der Waals surface area contributed by atoms with Crippen molar-refractivity contribution in [3.05, 3.63) is 53.6 Å². The van der Waals surface area contributed by atoms with Crippen molar-refractivity contribution in [2.24, 2.45) is 0 Å². The van der Waals surface area contributed by atoms with Gasteiger partial charge in [0.1, 0.15) is 11.5 Å². The van der Waals surface area contributed by atoms with Crippen LogP contribution in [-0.4, -0.2) is 39.4 Å². The van der Waals surface area contributed by atoms with Gasteiger partial charge in [-0.3, -0.25) is 4.79 Å². The first-order chi connectivity index (χ1) is 11.5. The molecule has 0 aliphatic carbocycles. The number of carboxylic acid groups (broad SMARTS) is 1. The number of benzene rings is 2. The highest BCUT2D eigenvalue weighted by Crippen LogP contribution is 2.33. The molecule has 5 nitrogen and oxygen atoms in total. The Morgan fingerprint density at radius 1 is 1.12 bits per heavy atom. The summed E-state index contributed by atoms with van der Waals surface area (Å²) in [6.45, 7) is 0. The molecule has 2 aromatic carbocycles. The van der Waals surface area contributed by atoms with Crippen LogP contribution in [0.3, 0.4) is 0 Å². The summed E-state index contributed by atoms with van der Waals surface area (Å²) >= 11 is 0. The number of anilines is 1. The fourth-order valence-corrected chi connectivity index (χ4v) is 2.63. The molecule has 0 amide bonds. The maximum atomic E-state index is 11.8. The van der Waals surface area contributed by atoms with Gasteiger partial charge in [-0.2, -0.15) is 0 Å². The van der Waals surface area contributed by atoms with E-state index in [-0.39, 0.29) is 0 Å². The molecule has 24 heavy (non-hydrogen) atoms. The molecule has 0 spiro atoms. The predicted octanol–water partition coefficient (Wildman–Crippen LogP) is 3.18. The van der Waals surface area contributed by atoms with Crippen LogP contribution < -0.4 is 14.4 Å². The van der Waals surface area contributed by atoms with Gasteiger partial charge in [0, 0.05) is 31.4 Å². The zero-order chi connectivity index (χ0) is 17.7. The predicted molar refractivity (Wildman–Crippen MR) is 94.4 cm³/mol. The molecule has 1 atom stereocenters. The van der Waals surface area contributed by atoms with E-state index in [1.54, 1.807) is 25.3 Å². The van der Waals surface area contributed by atoms with E-state index in [2.05, 4.69) is 0 Å². The Morgan fingerprint density at radius 3 is 2.46 bits per heavy atom. The van der Waals surface area contributed by atoms with Crippen LogP contribution in [0.4, 0.5) is 5.69 Å². The second-order valence-corrected chi connectivity index (χ2v) is 5.77. The van der Waals surface area contributed by atoms with Crippen molar-refractivity contribution in [3.8, 4) is 11.5 Å². The molecule has 0 bridgehead atoms. The van der Waals surface area contributed by atoms with Crippen LogP contribution in [0.15, 0.2) is 42.5 Å². The van der Waals surface area contributed by atoms with Crippen molar-refractivity contribution in [1.82, 2.24) is 0 Å². The standard InChI is InChI=1S/C19H23NO4/c1-20(2)14-7-5-6-13(10-14)11-17(19(21)22)16-9-8-15(23-3)12-18(16)24-4/h5-10,12,17H,11H2,1-4H3,(H,21,22). The van der Waals surface area contributed by atoms with Gasteiger partial charge in [-0.15, -0.1) is 0 Å². The summed E-state index contributed by atoms with van der Waals surface area (Å²) in [6.07, 6.45) is 0.389. The van der Waals surface area contributed by atoms with E-state index in [1.807, 2.05) is 43.3 Å². The molecule has 0 radical (unpaired) electrons. The average molecular weight is 329 g/mol. The van der Waals surface area contributed by atoms with Gasteiger partial charge < -0.3 is 19.5 Å². The van der Waals surface area contributed by atoms with Crippen LogP contribution >= 0.6 is 0 Å². The number of nitrogens with zero attached hydrogens (tertiary/aromatic N) is 1. The van der Waals surface area contributed by atoms with Crippen molar-refractivity contribution in [2.75, 3.05) is 33.2 Å². The number of hydrogen-bond donors (Lipinski definition) is 1. The Labute approximate surface area is 142 Å². The van der Waals surface area contributed by atoms with Crippen molar-refractivity contribution >= 4 is 11.7 Å². The van der Waals surface area contributed by atoms with Crippen LogP contribution in [0.25, 0.3) is 0 Å². The fraction of sp³-hybridized carbons (Fsp3) is 0.316. The van der Waals surface area contributed by atoms with Crippen LogP contribution in [0, 0.1) is 0 Å². The number of methoxy groups -OCH3 is 2. The first-order valence-electron chi connectivity index (χ1n) is 7.67. The lowest BCUT2D eigenvalue weighted by atomic mass is 9.91. The molecule has 0 aliphatic rings. The minimum atomic E-state index is -0.881. The molecule has 0 heterocycles. The summed E-state index contributed by atoms with van der Waals surface area (Å²) in [5, 5.41) is 9.72. The molecule has 0 aliphatic heterocycles.